The highest BCUT2D eigenvalue weighted by Crippen LogP contribution is 2.26. The van der Waals surface area contributed by atoms with Gasteiger partial charge < -0.3 is 14.6 Å². The van der Waals surface area contributed by atoms with Crippen LogP contribution in [0.1, 0.15) is 22.5 Å². The van der Waals surface area contributed by atoms with Crippen molar-refractivity contribution >= 4 is 34.7 Å². The average molecular weight is 418 g/mol. The molecule has 0 saturated carbocycles. The number of furan rings is 1. The number of benzene rings is 1. The Morgan fingerprint density at radius 3 is 2.81 bits per heavy atom. The highest BCUT2D eigenvalue weighted by molar-refractivity contribution is 5.97. The zero-order chi connectivity index (χ0) is 22.1. The number of aryl methyl sites for hydroxylation is 1. The molecule has 2 aromatic heterocycles. The van der Waals surface area contributed by atoms with Crippen LogP contribution >= 0.6 is 0 Å². The van der Waals surface area contributed by atoms with Crippen molar-refractivity contribution in [2.45, 2.75) is 25.9 Å². The van der Waals surface area contributed by atoms with Gasteiger partial charge in [-0.3, -0.25) is 14.5 Å². The molecule has 0 radical (unpaired) electrons. The number of carbonyl (C=O) groups excluding carboxylic acids is 2. The van der Waals surface area contributed by atoms with Crippen LogP contribution in [0.5, 0.6) is 0 Å². The number of aromatic nitrogens is 1. The molecule has 0 fully saturated rings. The first kappa shape index (κ1) is 20.8. The van der Waals surface area contributed by atoms with Crippen LogP contribution in [0.2, 0.25) is 0 Å². The van der Waals surface area contributed by atoms with Gasteiger partial charge in [0.05, 0.1) is 12.6 Å². The quantitative estimate of drug-likeness (QED) is 0.644. The van der Waals surface area contributed by atoms with Crippen LogP contribution in [0.3, 0.4) is 0 Å². The minimum absolute atomic E-state index is 0.0500. The van der Waals surface area contributed by atoms with E-state index in [0.29, 0.717) is 18.8 Å². The lowest BCUT2D eigenvalue weighted by Crippen LogP contribution is -2.44. The lowest BCUT2D eigenvalue weighted by molar-refractivity contribution is -0.125. The topological polar surface area (TPSA) is 78.7 Å². The number of likely N-dealkylation sites (N-methyl/N-ethyl adjacent to an activating group) is 2. The number of carbonyl (C=O) groups is 2. The van der Waals surface area contributed by atoms with Crippen LogP contribution in [0, 0.1) is 6.92 Å². The van der Waals surface area contributed by atoms with Crippen molar-refractivity contribution in [2.24, 2.45) is 0 Å². The maximum Gasteiger partial charge on any atom is 0.246 e. The number of rotatable bonds is 5. The molecule has 2 amide bonds. The van der Waals surface area contributed by atoms with Crippen LogP contribution in [-0.2, 0) is 22.6 Å². The molecule has 160 valence electrons. The molecule has 1 aliphatic heterocycles. The molecule has 1 aromatic carbocycles. The van der Waals surface area contributed by atoms with Crippen molar-refractivity contribution in [1.82, 2.24) is 14.8 Å². The largest absolute Gasteiger partial charge is 0.459 e. The lowest BCUT2D eigenvalue weighted by Gasteiger charge is -2.28. The van der Waals surface area contributed by atoms with Crippen LogP contribution in [0.25, 0.3) is 17.0 Å². The van der Waals surface area contributed by atoms with Gasteiger partial charge in [0.2, 0.25) is 11.8 Å². The molecule has 0 bridgehead atoms. The number of nitrogens with zero attached hydrogens (tertiary/aromatic N) is 3. The molecule has 1 atom stereocenters. The van der Waals surface area contributed by atoms with Gasteiger partial charge >= 0.3 is 0 Å². The van der Waals surface area contributed by atoms with Gasteiger partial charge in [0.1, 0.15) is 17.2 Å². The second-order valence-corrected chi connectivity index (χ2v) is 8.12. The number of amides is 2. The Kier molecular flexibility index (Phi) is 5.61. The summed E-state index contributed by atoms with van der Waals surface area (Å²) in [4.78, 5) is 32.6. The summed E-state index contributed by atoms with van der Waals surface area (Å²) in [6.07, 6.45) is 5.52. The molecule has 1 aliphatic rings. The molecule has 0 saturated heterocycles. The minimum Gasteiger partial charge on any atom is -0.459 e. The first-order valence-electron chi connectivity index (χ1n) is 10.2. The summed E-state index contributed by atoms with van der Waals surface area (Å²) in [6.45, 7) is 2.40. The third-order valence-corrected chi connectivity index (χ3v) is 5.69. The summed E-state index contributed by atoms with van der Waals surface area (Å²) in [5.74, 6) is 1.19. The Hall–Kier alpha value is -3.45. The maximum atomic E-state index is 12.6. The van der Waals surface area contributed by atoms with E-state index in [2.05, 4.69) is 10.3 Å². The summed E-state index contributed by atoms with van der Waals surface area (Å²) < 4.78 is 5.92. The number of fused-ring (bicyclic) bond motifs is 2. The fourth-order valence-corrected chi connectivity index (χ4v) is 3.77. The number of pyridine rings is 1. The molecule has 3 aromatic rings. The molecular weight excluding hydrogens is 392 g/mol. The van der Waals surface area contributed by atoms with Gasteiger partial charge in [-0.2, -0.15) is 0 Å². The van der Waals surface area contributed by atoms with E-state index in [1.807, 2.05) is 56.3 Å². The molecule has 7 nitrogen and oxygen atoms in total. The number of hydrogen-bond acceptors (Lipinski definition) is 5. The summed E-state index contributed by atoms with van der Waals surface area (Å²) in [7, 11) is 5.51. The van der Waals surface area contributed by atoms with Gasteiger partial charge in [0.25, 0.3) is 0 Å². The maximum absolute atomic E-state index is 12.6. The van der Waals surface area contributed by atoms with Crippen molar-refractivity contribution in [3.8, 4) is 0 Å². The number of hydrogen-bond donors (Lipinski definition) is 1. The highest BCUT2D eigenvalue weighted by atomic mass is 16.3. The monoisotopic (exact) mass is 418 g/mol. The summed E-state index contributed by atoms with van der Waals surface area (Å²) >= 11 is 0. The van der Waals surface area contributed by atoms with E-state index in [1.54, 1.807) is 24.2 Å². The van der Waals surface area contributed by atoms with E-state index in [4.69, 9.17) is 4.42 Å². The van der Waals surface area contributed by atoms with E-state index >= 15 is 0 Å². The normalized spacial score (nSPS) is 16.0. The molecular formula is C24H26N4O3. The minimum atomic E-state index is -0.228. The first-order chi connectivity index (χ1) is 14.8. The van der Waals surface area contributed by atoms with E-state index in [-0.39, 0.29) is 17.9 Å². The fraction of sp³-hybridized carbons (Fsp3) is 0.292. The predicted octanol–water partition coefficient (Wildman–Crippen LogP) is 3.23. The predicted molar refractivity (Wildman–Crippen MR) is 121 cm³/mol. The Morgan fingerprint density at radius 1 is 1.29 bits per heavy atom. The third kappa shape index (κ3) is 4.22. The molecule has 0 aliphatic carbocycles. The van der Waals surface area contributed by atoms with Crippen molar-refractivity contribution in [3.63, 3.8) is 0 Å². The standard InChI is InChI=1S/C24H26N4O3/c1-15-18-7-5-6-8-20(18)31-21(15)14-28(4)22(29)10-9-16-11-17-12-19(27(2)3)24(30)26-23(17)25-13-16/h5-11,13,19H,12,14H2,1-4H3,(H,25,26,30)/b10-9+. The Bertz CT molecular complexity index is 1180. The second-order valence-electron chi connectivity index (χ2n) is 8.12. The number of nitrogens with one attached hydrogen (secondary N) is 1. The van der Waals surface area contributed by atoms with Crippen LogP contribution in [0.4, 0.5) is 5.82 Å². The van der Waals surface area contributed by atoms with E-state index in [9.17, 15) is 9.59 Å². The lowest BCUT2D eigenvalue weighted by atomic mass is 10.00. The Labute approximate surface area is 181 Å². The Morgan fingerprint density at radius 2 is 2.06 bits per heavy atom. The summed E-state index contributed by atoms with van der Waals surface area (Å²) in [6, 6.07) is 9.60. The molecule has 1 unspecified atom stereocenters. The van der Waals surface area contributed by atoms with Crippen molar-refractivity contribution < 1.29 is 14.0 Å². The molecule has 7 heteroatoms. The van der Waals surface area contributed by atoms with E-state index in [1.165, 1.54) is 6.08 Å². The van der Waals surface area contributed by atoms with Gasteiger partial charge in [-0.1, -0.05) is 18.2 Å². The zero-order valence-corrected chi connectivity index (χ0v) is 18.2. The second kappa shape index (κ2) is 8.35. The van der Waals surface area contributed by atoms with Crippen LogP contribution < -0.4 is 5.32 Å². The highest BCUT2D eigenvalue weighted by Gasteiger charge is 2.28. The molecule has 31 heavy (non-hydrogen) atoms. The van der Waals surface area contributed by atoms with Crippen molar-refractivity contribution in [2.75, 3.05) is 26.5 Å². The van der Waals surface area contributed by atoms with E-state index < -0.39 is 0 Å². The Balaban J connectivity index is 1.46. The number of anilines is 1. The number of para-hydroxylation sites is 1. The van der Waals surface area contributed by atoms with Crippen LogP contribution in [0.15, 0.2) is 47.0 Å². The van der Waals surface area contributed by atoms with Gasteiger partial charge in [0, 0.05) is 36.7 Å². The van der Waals surface area contributed by atoms with Crippen molar-refractivity contribution in [3.05, 3.63) is 65.1 Å². The zero-order valence-electron chi connectivity index (χ0n) is 18.2. The smallest absolute Gasteiger partial charge is 0.246 e. The van der Waals surface area contributed by atoms with Gasteiger partial charge in [0.15, 0.2) is 0 Å². The van der Waals surface area contributed by atoms with Gasteiger partial charge in [-0.15, -0.1) is 0 Å². The fourth-order valence-electron chi connectivity index (χ4n) is 3.77. The van der Waals surface area contributed by atoms with Gasteiger partial charge in [-0.05, 0) is 50.4 Å². The summed E-state index contributed by atoms with van der Waals surface area (Å²) in [5.41, 5.74) is 3.65. The summed E-state index contributed by atoms with van der Waals surface area (Å²) in [5, 5.41) is 3.91. The molecule has 3 heterocycles. The van der Waals surface area contributed by atoms with E-state index in [0.717, 1.165) is 33.4 Å². The van der Waals surface area contributed by atoms with Gasteiger partial charge in [-0.25, -0.2) is 4.98 Å². The third-order valence-electron chi connectivity index (χ3n) is 5.69. The molecule has 1 N–H and O–H groups in total. The van der Waals surface area contributed by atoms with Crippen molar-refractivity contribution in [1.29, 1.82) is 0 Å². The van der Waals surface area contributed by atoms with Crippen LogP contribution in [-0.4, -0.2) is 53.8 Å². The molecule has 4 rings (SSSR count). The SMILES string of the molecule is Cc1c(CN(C)C(=O)/C=C/c2cnc3c(c2)CC(N(C)C)C(=O)N3)oc2ccccc12. The first-order valence-corrected chi connectivity index (χ1v) is 10.2. The average Bonchev–Trinajstić information content (AvgIpc) is 3.06. The molecule has 0 spiro atoms.